The Morgan fingerprint density at radius 2 is 1.74 bits per heavy atom. The molecule has 9 nitrogen and oxygen atoms in total. The van der Waals surface area contributed by atoms with Crippen molar-refractivity contribution < 1.29 is 43.5 Å². The molecular formula is C14H20O9. The molecule has 0 radical (unpaired) electrons. The van der Waals surface area contributed by atoms with Crippen molar-refractivity contribution in [3.05, 3.63) is 12.2 Å². The molecule has 130 valence electrons. The number of fused-ring (bicyclic) bond motifs is 1. The van der Waals surface area contributed by atoms with Gasteiger partial charge in [0.05, 0.1) is 13.2 Å². The van der Waals surface area contributed by atoms with Gasteiger partial charge in [0, 0.05) is 12.8 Å². The molecule has 0 bridgehead atoms. The van der Waals surface area contributed by atoms with Gasteiger partial charge in [-0.05, 0) is 6.92 Å². The lowest BCUT2D eigenvalue weighted by Gasteiger charge is -2.24. The molecule has 23 heavy (non-hydrogen) atoms. The maximum atomic E-state index is 10.6. The highest BCUT2D eigenvalue weighted by Gasteiger charge is 2.41. The maximum Gasteiger partial charge on any atom is 0.509 e. The van der Waals surface area contributed by atoms with Crippen LogP contribution in [0.4, 0.5) is 9.59 Å². The van der Waals surface area contributed by atoms with E-state index in [2.05, 4.69) is 4.74 Å². The molecule has 3 aliphatic heterocycles. The van der Waals surface area contributed by atoms with E-state index in [9.17, 15) is 9.59 Å². The predicted octanol–water partition coefficient (Wildman–Crippen LogP) is 0.478. The number of aliphatic hydroxyl groups excluding tert-OH is 2. The van der Waals surface area contributed by atoms with Crippen LogP contribution in [0.2, 0.25) is 0 Å². The zero-order valence-electron chi connectivity index (χ0n) is 12.6. The van der Waals surface area contributed by atoms with Crippen LogP contribution in [0.5, 0.6) is 0 Å². The summed E-state index contributed by atoms with van der Waals surface area (Å²) in [4.78, 5) is 21.1. The standard InChI is InChI=1S/C8H12O4.C6H8O5/c1-2-3-4-6-7(5-9)12-8(10)11-6;7-5-1-3-4(2-9-5)11-6(8)10-3/h2-3,6-7,9H,4-5H2,1H3;3-5,7H,1-2H2/b3-2+;/t6-,7+;3-,4+,5?/m01/s1. The van der Waals surface area contributed by atoms with Crippen molar-refractivity contribution in [2.24, 2.45) is 0 Å². The van der Waals surface area contributed by atoms with E-state index >= 15 is 0 Å². The van der Waals surface area contributed by atoms with Crippen molar-refractivity contribution >= 4 is 12.3 Å². The van der Waals surface area contributed by atoms with Gasteiger partial charge in [0.1, 0.15) is 12.2 Å². The summed E-state index contributed by atoms with van der Waals surface area (Å²) in [6, 6.07) is 0. The monoisotopic (exact) mass is 332 g/mol. The van der Waals surface area contributed by atoms with E-state index in [1.54, 1.807) is 0 Å². The zero-order valence-corrected chi connectivity index (χ0v) is 12.6. The summed E-state index contributed by atoms with van der Waals surface area (Å²) < 4.78 is 23.8. The SMILES string of the molecule is C/C=C/C[C@@H]1OC(=O)O[C@@H]1CO.O=C1O[C@H]2COC(O)C[C@H]2O1. The lowest BCUT2D eigenvalue weighted by Crippen LogP contribution is -2.39. The third-order valence-corrected chi connectivity index (χ3v) is 3.49. The molecule has 3 saturated heterocycles. The van der Waals surface area contributed by atoms with Crippen LogP contribution in [-0.4, -0.2) is 66.4 Å². The summed E-state index contributed by atoms with van der Waals surface area (Å²) in [7, 11) is 0. The van der Waals surface area contributed by atoms with Crippen LogP contribution in [-0.2, 0) is 23.7 Å². The van der Waals surface area contributed by atoms with Crippen LogP contribution in [0.15, 0.2) is 12.2 Å². The van der Waals surface area contributed by atoms with Gasteiger partial charge in [-0.3, -0.25) is 0 Å². The van der Waals surface area contributed by atoms with E-state index in [0.29, 0.717) is 12.8 Å². The lowest BCUT2D eigenvalue weighted by atomic mass is 10.1. The normalized spacial score (nSPS) is 35.5. The summed E-state index contributed by atoms with van der Waals surface area (Å²) in [5.74, 6) is 0. The zero-order chi connectivity index (χ0) is 16.8. The Morgan fingerprint density at radius 1 is 1.09 bits per heavy atom. The minimum atomic E-state index is -0.828. The first kappa shape index (κ1) is 17.5. The van der Waals surface area contributed by atoms with Gasteiger partial charge in [-0.15, -0.1) is 0 Å². The van der Waals surface area contributed by atoms with Crippen LogP contribution in [0.1, 0.15) is 19.8 Å². The summed E-state index contributed by atoms with van der Waals surface area (Å²) in [6.07, 6.45) is 0.941. The Morgan fingerprint density at radius 3 is 2.43 bits per heavy atom. The molecule has 0 aromatic heterocycles. The second-order valence-corrected chi connectivity index (χ2v) is 5.14. The van der Waals surface area contributed by atoms with Crippen LogP contribution < -0.4 is 0 Å². The largest absolute Gasteiger partial charge is 0.509 e. The highest BCUT2D eigenvalue weighted by Crippen LogP contribution is 2.24. The quantitative estimate of drug-likeness (QED) is 0.561. The van der Waals surface area contributed by atoms with Crippen LogP contribution >= 0.6 is 0 Å². The first-order chi connectivity index (χ1) is 11.0. The number of hydrogen-bond acceptors (Lipinski definition) is 9. The number of cyclic esters (lactones) is 2. The number of ether oxygens (including phenoxy) is 5. The van der Waals surface area contributed by atoms with E-state index in [4.69, 9.17) is 29.2 Å². The third-order valence-electron chi connectivity index (χ3n) is 3.49. The molecule has 3 rings (SSSR count). The van der Waals surface area contributed by atoms with Gasteiger partial charge in [0.15, 0.2) is 18.5 Å². The van der Waals surface area contributed by atoms with Crippen molar-refractivity contribution in [1.82, 2.24) is 0 Å². The Labute approximate surface area is 132 Å². The Balaban J connectivity index is 0.000000167. The average Bonchev–Trinajstić information content (AvgIpc) is 3.06. The van der Waals surface area contributed by atoms with Crippen LogP contribution in [0.25, 0.3) is 0 Å². The number of allylic oxidation sites excluding steroid dienone is 1. The lowest BCUT2D eigenvalue weighted by molar-refractivity contribution is -0.166. The van der Waals surface area contributed by atoms with Crippen molar-refractivity contribution in [1.29, 1.82) is 0 Å². The van der Waals surface area contributed by atoms with Gasteiger partial charge in [0.25, 0.3) is 0 Å². The summed E-state index contributed by atoms with van der Waals surface area (Å²) in [5.41, 5.74) is 0. The van der Waals surface area contributed by atoms with E-state index in [1.807, 2.05) is 19.1 Å². The van der Waals surface area contributed by atoms with Gasteiger partial charge in [-0.25, -0.2) is 9.59 Å². The molecule has 3 fully saturated rings. The molecule has 2 N–H and O–H groups in total. The Hall–Kier alpha value is -1.84. The Kier molecular flexibility index (Phi) is 6.20. The van der Waals surface area contributed by atoms with Gasteiger partial charge >= 0.3 is 12.3 Å². The first-order valence-corrected chi connectivity index (χ1v) is 7.29. The summed E-state index contributed by atoms with van der Waals surface area (Å²) in [6.45, 7) is 1.91. The topological polar surface area (TPSA) is 121 Å². The summed E-state index contributed by atoms with van der Waals surface area (Å²) >= 11 is 0. The van der Waals surface area contributed by atoms with Gasteiger partial charge in [-0.2, -0.15) is 0 Å². The fourth-order valence-corrected chi connectivity index (χ4v) is 2.29. The van der Waals surface area contributed by atoms with Crippen molar-refractivity contribution in [3.63, 3.8) is 0 Å². The van der Waals surface area contributed by atoms with Crippen LogP contribution in [0, 0.1) is 0 Å². The number of carbonyl (C=O) groups is 2. The fraction of sp³-hybridized carbons (Fsp3) is 0.714. The minimum Gasteiger partial charge on any atom is -0.427 e. The van der Waals surface area contributed by atoms with Crippen molar-refractivity contribution in [2.45, 2.75) is 50.5 Å². The van der Waals surface area contributed by atoms with Gasteiger partial charge in [0.2, 0.25) is 0 Å². The molecular weight excluding hydrogens is 312 g/mol. The highest BCUT2D eigenvalue weighted by atomic mass is 16.8. The number of aliphatic hydroxyl groups is 2. The summed E-state index contributed by atoms with van der Waals surface area (Å²) in [5, 5.41) is 17.7. The molecule has 5 atom stereocenters. The minimum absolute atomic E-state index is 0.187. The van der Waals surface area contributed by atoms with Crippen molar-refractivity contribution in [2.75, 3.05) is 13.2 Å². The number of rotatable bonds is 3. The van der Waals surface area contributed by atoms with E-state index < -0.39 is 24.7 Å². The van der Waals surface area contributed by atoms with E-state index in [0.717, 1.165) is 0 Å². The van der Waals surface area contributed by atoms with Crippen molar-refractivity contribution in [3.8, 4) is 0 Å². The molecule has 3 aliphatic rings. The van der Waals surface area contributed by atoms with Gasteiger partial charge in [-0.1, -0.05) is 12.2 Å². The third kappa shape index (κ3) is 4.81. The molecule has 0 aromatic carbocycles. The van der Waals surface area contributed by atoms with Crippen LogP contribution in [0.3, 0.4) is 0 Å². The Bertz CT molecular complexity index is 450. The van der Waals surface area contributed by atoms with Gasteiger partial charge < -0.3 is 33.9 Å². The molecule has 0 aromatic rings. The predicted molar refractivity (Wildman–Crippen MR) is 73.4 cm³/mol. The number of carbonyl (C=O) groups excluding carboxylic acids is 2. The molecule has 0 aliphatic carbocycles. The number of hydrogen-bond donors (Lipinski definition) is 2. The fourth-order valence-electron chi connectivity index (χ4n) is 2.29. The maximum absolute atomic E-state index is 10.6. The smallest absolute Gasteiger partial charge is 0.427 e. The molecule has 9 heteroatoms. The molecule has 0 amide bonds. The highest BCUT2D eigenvalue weighted by molar-refractivity contribution is 5.63. The average molecular weight is 332 g/mol. The molecule has 0 saturated carbocycles. The molecule has 0 spiro atoms. The first-order valence-electron chi connectivity index (χ1n) is 7.29. The second kappa shape index (κ2) is 8.14. The second-order valence-electron chi connectivity index (χ2n) is 5.14. The molecule has 3 heterocycles. The van der Waals surface area contributed by atoms with E-state index in [1.165, 1.54) is 0 Å². The van der Waals surface area contributed by atoms with E-state index in [-0.39, 0.29) is 31.5 Å². The molecule has 1 unspecified atom stereocenters.